The highest BCUT2D eigenvalue weighted by molar-refractivity contribution is 7.99. The van der Waals surface area contributed by atoms with Gasteiger partial charge in [-0.2, -0.15) is 0 Å². The first-order chi connectivity index (χ1) is 12.0. The summed E-state index contributed by atoms with van der Waals surface area (Å²) < 4.78 is 0. The van der Waals surface area contributed by atoms with Crippen LogP contribution in [0.3, 0.4) is 0 Å². The maximum absolute atomic E-state index is 12.8. The monoisotopic (exact) mass is 412 g/mol. The molecule has 1 aliphatic heterocycles. The van der Waals surface area contributed by atoms with E-state index in [2.05, 4.69) is 15.3 Å². The molecular weight excluding hydrogens is 391 g/mol. The van der Waals surface area contributed by atoms with Gasteiger partial charge in [0.15, 0.2) is 5.16 Å². The molecule has 2 aromatic rings. The average molecular weight is 413 g/mol. The zero-order valence-corrected chi connectivity index (χ0v) is 17.1. The number of hydrogen-bond acceptors (Lipinski definition) is 5. The molecule has 1 amide bonds. The van der Waals surface area contributed by atoms with Crippen molar-refractivity contribution >= 4 is 41.7 Å². The summed E-state index contributed by atoms with van der Waals surface area (Å²) in [4.78, 5) is 23.5. The number of nitrogens with zero attached hydrogens (tertiary/aromatic N) is 3. The Morgan fingerprint density at radius 2 is 2.00 bits per heavy atom. The first-order valence-electron chi connectivity index (χ1n) is 8.24. The number of aromatic nitrogens is 2. The first kappa shape index (κ1) is 21.0. The van der Waals surface area contributed by atoms with Crippen molar-refractivity contribution in [3.63, 3.8) is 0 Å². The number of carbonyl (C=O) groups is 1. The zero-order chi connectivity index (χ0) is 17.8. The number of nitrogens with one attached hydrogen (secondary N) is 1. The minimum atomic E-state index is -0.0456. The van der Waals surface area contributed by atoms with Gasteiger partial charge in [0, 0.05) is 36.0 Å². The van der Waals surface area contributed by atoms with Crippen molar-refractivity contribution in [2.45, 2.75) is 25.0 Å². The summed E-state index contributed by atoms with van der Waals surface area (Å²) in [6.45, 7) is 6.04. The van der Waals surface area contributed by atoms with E-state index in [1.54, 1.807) is 0 Å². The van der Waals surface area contributed by atoms with Crippen molar-refractivity contribution < 1.29 is 4.79 Å². The van der Waals surface area contributed by atoms with E-state index in [-0.39, 0.29) is 24.4 Å². The van der Waals surface area contributed by atoms with E-state index >= 15 is 0 Å². The normalized spacial score (nSPS) is 16.9. The van der Waals surface area contributed by atoms with Crippen LogP contribution in [0.5, 0.6) is 0 Å². The summed E-state index contributed by atoms with van der Waals surface area (Å²) >= 11 is 7.73. The molecule has 1 aromatic heterocycles. The molecule has 8 heteroatoms. The van der Waals surface area contributed by atoms with Gasteiger partial charge in [-0.05, 0) is 31.5 Å². The third kappa shape index (κ3) is 5.10. The number of amides is 1. The molecule has 26 heavy (non-hydrogen) atoms. The van der Waals surface area contributed by atoms with Gasteiger partial charge >= 0.3 is 0 Å². The second-order valence-corrected chi connectivity index (χ2v) is 7.40. The Balaban J connectivity index is 0.00000243. The summed E-state index contributed by atoms with van der Waals surface area (Å²) in [5.74, 6) is 0.406. The van der Waals surface area contributed by atoms with E-state index in [1.807, 2.05) is 49.1 Å². The van der Waals surface area contributed by atoms with Crippen molar-refractivity contribution in [1.29, 1.82) is 0 Å². The van der Waals surface area contributed by atoms with Crippen molar-refractivity contribution in [2.75, 3.05) is 25.4 Å². The minimum absolute atomic E-state index is 0. The summed E-state index contributed by atoms with van der Waals surface area (Å²) in [7, 11) is 0. The Labute approximate surface area is 169 Å². The number of halogens is 2. The topological polar surface area (TPSA) is 58.1 Å². The highest BCUT2D eigenvalue weighted by Crippen LogP contribution is 2.29. The third-order valence-electron chi connectivity index (χ3n) is 4.11. The van der Waals surface area contributed by atoms with Gasteiger partial charge in [-0.1, -0.05) is 41.6 Å². The molecule has 1 fully saturated rings. The average Bonchev–Trinajstić information content (AvgIpc) is 2.59. The Hall–Kier alpha value is -1.34. The molecule has 1 saturated heterocycles. The van der Waals surface area contributed by atoms with Crippen LogP contribution in [0.15, 0.2) is 35.5 Å². The van der Waals surface area contributed by atoms with Crippen LogP contribution in [0.25, 0.3) is 0 Å². The van der Waals surface area contributed by atoms with Crippen LogP contribution in [-0.4, -0.2) is 46.2 Å². The molecule has 0 aliphatic carbocycles. The van der Waals surface area contributed by atoms with Crippen molar-refractivity contribution in [3.05, 3.63) is 52.3 Å². The maximum Gasteiger partial charge on any atom is 0.233 e. The maximum atomic E-state index is 12.8. The van der Waals surface area contributed by atoms with E-state index in [0.717, 1.165) is 23.5 Å². The third-order valence-corrected chi connectivity index (χ3v) is 5.29. The van der Waals surface area contributed by atoms with Crippen molar-refractivity contribution in [2.24, 2.45) is 0 Å². The Kier molecular flexibility index (Phi) is 7.70. The van der Waals surface area contributed by atoms with Gasteiger partial charge in [-0.15, -0.1) is 12.4 Å². The highest BCUT2D eigenvalue weighted by Gasteiger charge is 2.29. The smallest absolute Gasteiger partial charge is 0.233 e. The predicted octanol–water partition coefficient (Wildman–Crippen LogP) is 3.43. The summed E-state index contributed by atoms with van der Waals surface area (Å²) in [5.41, 5.74) is 2.81. The second-order valence-electron chi connectivity index (χ2n) is 6.05. The lowest BCUT2D eigenvalue weighted by atomic mass is 10.0. The summed E-state index contributed by atoms with van der Waals surface area (Å²) in [6.07, 6.45) is 0. The number of aryl methyl sites for hydroxylation is 2. The molecule has 5 nitrogen and oxygen atoms in total. The molecule has 0 radical (unpaired) electrons. The number of piperazine rings is 1. The van der Waals surface area contributed by atoms with Gasteiger partial charge in [-0.3, -0.25) is 4.79 Å². The van der Waals surface area contributed by atoms with Gasteiger partial charge in [-0.25, -0.2) is 9.97 Å². The summed E-state index contributed by atoms with van der Waals surface area (Å²) in [6, 6.07) is 9.59. The highest BCUT2D eigenvalue weighted by atomic mass is 35.5. The number of carbonyl (C=O) groups excluding carboxylic acids is 1. The lowest BCUT2D eigenvalue weighted by molar-refractivity contribution is -0.131. The van der Waals surface area contributed by atoms with Gasteiger partial charge in [0.25, 0.3) is 0 Å². The van der Waals surface area contributed by atoms with Crippen LogP contribution in [0.2, 0.25) is 5.02 Å². The molecule has 1 atom stereocenters. The fourth-order valence-corrected chi connectivity index (χ4v) is 4.09. The molecule has 0 bridgehead atoms. The van der Waals surface area contributed by atoms with E-state index in [4.69, 9.17) is 11.6 Å². The fourth-order valence-electron chi connectivity index (χ4n) is 2.99. The first-order valence-corrected chi connectivity index (χ1v) is 9.60. The molecule has 0 saturated carbocycles. The molecule has 1 aromatic carbocycles. The number of benzene rings is 1. The van der Waals surface area contributed by atoms with Gasteiger partial charge in [0.05, 0.1) is 11.8 Å². The van der Waals surface area contributed by atoms with Crippen LogP contribution in [-0.2, 0) is 4.79 Å². The summed E-state index contributed by atoms with van der Waals surface area (Å²) in [5, 5.41) is 4.69. The van der Waals surface area contributed by atoms with E-state index in [1.165, 1.54) is 11.8 Å². The van der Waals surface area contributed by atoms with E-state index < -0.39 is 0 Å². The molecule has 1 N–H and O–H groups in total. The van der Waals surface area contributed by atoms with Crippen molar-refractivity contribution in [3.8, 4) is 0 Å². The SMILES string of the molecule is Cc1cc(C)nc(SCC(=O)N2CCNCC2c2ccccc2Cl)n1.Cl. The van der Waals surface area contributed by atoms with Crippen LogP contribution < -0.4 is 5.32 Å². The molecule has 3 rings (SSSR count). The van der Waals surface area contributed by atoms with Crippen LogP contribution in [0.1, 0.15) is 23.0 Å². The van der Waals surface area contributed by atoms with E-state index in [9.17, 15) is 4.79 Å². The largest absolute Gasteiger partial charge is 0.332 e. The molecular formula is C18H22Cl2N4OS. The minimum Gasteiger partial charge on any atom is -0.332 e. The molecule has 1 unspecified atom stereocenters. The number of rotatable bonds is 4. The standard InChI is InChI=1S/C18H21ClN4OS.ClH/c1-12-9-13(2)22-18(21-12)25-11-17(24)23-8-7-20-10-16(23)14-5-3-4-6-15(14)19;/h3-6,9,16,20H,7-8,10-11H2,1-2H3;1H. The number of thioether (sulfide) groups is 1. The Morgan fingerprint density at radius 1 is 1.31 bits per heavy atom. The number of hydrogen-bond donors (Lipinski definition) is 1. The van der Waals surface area contributed by atoms with Crippen molar-refractivity contribution in [1.82, 2.24) is 20.2 Å². The van der Waals surface area contributed by atoms with E-state index in [0.29, 0.717) is 29.0 Å². The quantitative estimate of drug-likeness (QED) is 0.615. The van der Waals surface area contributed by atoms with Gasteiger partial charge in [0.1, 0.15) is 0 Å². The van der Waals surface area contributed by atoms with Crippen LogP contribution >= 0.6 is 35.8 Å². The zero-order valence-electron chi connectivity index (χ0n) is 14.7. The lowest BCUT2D eigenvalue weighted by Crippen LogP contribution is -2.49. The predicted molar refractivity (Wildman–Crippen MR) is 108 cm³/mol. The molecule has 2 heterocycles. The van der Waals surface area contributed by atoms with Crippen LogP contribution in [0, 0.1) is 13.8 Å². The second kappa shape index (κ2) is 9.55. The van der Waals surface area contributed by atoms with Gasteiger partial charge < -0.3 is 10.2 Å². The molecule has 140 valence electrons. The van der Waals surface area contributed by atoms with Gasteiger partial charge in [0.2, 0.25) is 5.91 Å². The molecule has 0 spiro atoms. The Morgan fingerprint density at radius 3 is 2.69 bits per heavy atom. The molecule has 1 aliphatic rings. The lowest BCUT2D eigenvalue weighted by Gasteiger charge is -2.37. The fraction of sp³-hybridized carbons (Fsp3) is 0.389. The Bertz CT molecular complexity index is 754. The van der Waals surface area contributed by atoms with Crippen LogP contribution in [0.4, 0.5) is 0 Å².